The van der Waals surface area contributed by atoms with Gasteiger partial charge in [0.05, 0.1) is 10.6 Å². The third-order valence-corrected chi connectivity index (χ3v) is 4.48. The average molecular weight is 338 g/mol. The first-order chi connectivity index (χ1) is 11.5. The summed E-state index contributed by atoms with van der Waals surface area (Å²) in [5, 5.41) is 11.1. The normalized spacial score (nSPS) is 11.7. The number of nitrogens with zero attached hydrogens (tertiary/aromatic N) is 1. The molecule has 0 aliphatic rings. The maximum atomic E-state index is 7.93. The number of nitrogens with one attached hydrogen (secondary N) is 2. The second-order valence-electron chi connectivity index (χ2n) is 5.30. The molecule has 0 radical (unpaired) electrons. The first kappa shape index (κ1) is 17.7. The molecule has 124 valence electrons. The van der Waals surface area contributed by atoms with Crippen molar-refractivity contribution in [3.63, 3.8) is 0 Å². The highest BCUT2D eigenvalue weighted by Crippen LogP contribution is 2.28. The van der Waals surface area contributed by atoms with Gasteiger partial charge in [-0.15, -0.1) is 11.3 Å². The van der Waals surface area contributed by atoms with E-state index in [4.69, 9.17) is 11.1 Å². The fourth-order valence-electron chi connectivity index (χ4n) is 2.13. The van der Waals surface area contributed by atoms with Crippen molar-refractivity contribution in [2.45, 2.75) is 20.3 Å². The van der Waals surface area contributed by atoms with E-state index < -0.39 is 0 Å². The standard InChI is InChI=1S/C19H22N4S/c1-4-15(21)17-8-9-18(24-17)16-6-5-7-19(23-16)22-14(3)12-13(2)10-11-20/h5-12,21H,3-4,20H2,1-2H3,(H,22,23)/b11-10-,13-12-,21-15?. The van der Waals surface area contributed by atoms with E-state index in [1.807, 2.05) is 56.3 Å². The average Bonchev–Trinajstić information content (AvgIpc) is 3.04. The van der Waals surface area contributed by atoms with E-state index in [0.717, 1.165) is 39.0 Å². The molecule has 0 saturated carbocycles. The zero-order valence-corrected chi connectivity index (χ0v) is 14.8. The summed E-state index contributed by atoms with van der Waals surface area (Å²) >= 11 is 1.59. The fourth-order valence-corrected chi connectivity index (χ4v) is 3.12. The largest absolute Gasteiger partial charge is 0.405 e. The van der Waals surface area contributed by atoms with E-state index >= 15 is 0 Å². The number of aromatic nitrogens is 1. The second-order valence-corrected chi connectivity index (χ2v) is 6.39. The summed E-state index contributed by atoms with van der Waals surface area (Å²) in [5.74, 6) is 0.735. The molecular formula is C19H22N4S. The van der Waals surface area contributed by atoms with Gasteiger partial charge in [-0.25, -0.2) is 4.98 Å². The second kappa shape index (κ2) is 8.26. The van der Waals surface area contributed by atoms with E-state index in [1.54, 1.807) is 11.3 Å². The highest BCUT2D eigenvalue weighted by atomic mass is 32.1. The Morgan fingerprint density at radius 3 is 2.88 bits per heavy atom. The number of anilines is 1. The predicted octanol–water partition coefficient (Wildman–Crippen LogP) is 4.93. The summed E-state index contributed by atoms with van der Waals surface area (Å²) in [7, 11) is 0. The summed E-state index contributed by atoms with van der Waals surface area (Å²) in [6, 6.07) is 9.83. The molecule has 0 fully saturated rings. The van der Waals surface area contributed by atoms with Gasteiger partial charge in [0.1, 0.15) is 5.82 Å². The van der Waals surface area contributed by atoms with Crippen molar-refractivity contribution in [2.24, 2.45) is 5.73 Å². The third kappa shape index (κ3) is 4.67. The summed E-state index contributed by atoms with van der Waals surface area (Å²) in [5.41, 5.74) is 8.67. The molecule has 0 atom stereocenters. The molecule has 2 aromatic rings. The van der Waals surface area contributed by atoms with Crippen LogP contribution in [0.3, 0.4) is 0 Å². The molecule has 0 aliphatic carbocycles. The molecule has 4 N–H and O–H groups in total. The zero-order valence-electron chi connectivity index (χ0n) is 14.0. The van der Waals surface area contributed by atoms with Crippen molar-refractivity contribution < 1.29 is 0 Å². The van der Waals surface area contributed by atoms with Crippen LogP contribution in [0.15, 0.2) is 66.5 Å². The summed E-state index contributed by atoms with van der Waals surface area (Å²) in [6.45, 7) is 7.93. The molecule has 0 aliphatic heterocycles. The number of nitrogens with two attached hydrogens (primary N) is 1. The van der Waals surface area contributed by atoms with Crippen molar-refractivity contribution >= 4 is 22.9 Å². The minimum Gasteiger partial charge on any atom is -0.405 e. The Morgan fingerprint density at radius 1 is 1.38 bits per heavy atom. The van der Waals surface area contributed by atoms with Crippen LogP contribution >= 0.6 is 11.3 Å². The lowest BCUT2D eigenvalue weighted by atomic mass is 10.2. The first-order valence-corrected chi connectivity index (χ1v) is 8.52. The molecule has 24 heavy (non-hydrogen) atoms. The Morgan fingerprint density at radius 2 is 2.17 bits per heavy atom. The van der Waals surface area contributed by atoms with Gasteiger partial charge >= 0.3 is 0 Å². The number of hydrogen-bond acceptors (Lipinski definition) is 5. The number of hydrogen-bond donors (Lipinski definition) is 3. The molecule has 2 rings (SSSR count). The van der Waals surface area contributed by atoms with E-state index in [9.17, 15) is 0 Å². The lowest BCUT2D eigenvalue weighted by Crippen LogP contribution is -1.98. The fraction of sp³-hybridized carbons (Fsp3) is 0.158. The van der Waals surface area contributed by atoms with Crippen LogP contribution < -0.4 is 11.1 Å². The van der Waals surface area contributed by atoms with Gasteiger partial charge in [-0.3, -0.25) is 0 Å². The zero-order chi connectivity index (χ0) is 17.5. The molecule has 2 heterocycles. The van der Waals surface area contributed by atoms with Gasteiger partial charge in [0, 0.05) is 16.3 Å². The van der Waals surface area contributed by atoms with E-state index in [-0.39, 0.29) is 0 Å². The van der Waals surface area contributed by atoms with Gasteiger partial charge in [-0.1, -0.05) is 19.6 Å². The quantitative estimate of drug-likeness (QED) is 0.495. The Kier molecular flexibility index (Phi) is 6.09. The maximum absolute atomic E-state index is 7.93. The van der Waals surface area contributed by atoms with Crippen molar-refractivity contribution in [2.75, 3.05) is 5.32 Å². The van der Waals surface area contributed by atoms with Crippen LogP contribution in [0.2, 0.25) is 0 Å². The smallest absolute Gasteiger partial charge is 0.131 e. The molecule has 0 spiro atoms. The Hall–Kier alpha value is -2.66. The van der Waals surface area contributed by atoms with Crippen molar-refractivity contribution in [3.8, 4) is 10.6 Å². The SMILES string of the molecule is C=C(/C=C(C)\C=C/N)Nc1cccc(-c2ccc(C(=N)CC)s2)n1. The van der Waals surface area contributed by atoms with Gasteiger partial charge in [0.25, 0.3) is 0 Å². The van der Waals surface area contributed by atoms with Crippen molar-refractivity contribution in [3.05, 3.63) is 71.4 Å². The molecule has 0 amide bonds. The van der Waals surface area contributed by atoms with Crippen LogP contribution in [0.5, 0.6) is 0 Å². The Labute approximate surface area is 147 Å². The Bertz CT molecular complexity index is 799. The van der Waals surface area contributed by atoms with E-state index in [0.29, 0.717) is 5.71 Å². The van der Waals surface area contributed by atoms with Crippen LogP contribution in [-0.4, -0.2) is 10.7 Å². The molecule has 0 bridgehead atoms. The van der Waals surface area contributed by atoms with Crippen molar-refractivity contribution in [1.82, 2.24) is 4.98 Å². The van der Waals surface area contributed by atoms with Gasteiger partial charge in [-0.2, -0.15) is 0 Å². The first-order valence-electron chi connectivity index (χ1n) is 7.71. The highest BCUT2D eigenvalue weighted by molar-refractivity contribution is 7.17. The number of rotatable bonds is 7. The molecule has 2 aromatic heterocycles. The van der Waals surface area contributed by atoms with E-state index in [2.05, 4.69) is 16.9 Å². The molecule has 0 unspecified atom stereocenters. The minimum atomic E-state index is 0.655. The summed E-state index contributed by atoms with van der Waals surface area (Å²) in [6.07, 6.45) is 5.95. The summed E-state index contributed by atoms with van der Waals surface area (Å²) in [4.78, 5) is 6.67. The molecule has 0 saturated heterocycles. The van der Waals surface area contributed by atoms with Gasteiger partial charge < -0.3 is 16.5 Å². The molecular weight excluding hydrogens is 316 g/mol. The predicted molar refractivity (Wildman–Crippen MR) is 105 cm³/mol. The van der Waals surface area contributed by atoms with Crippen LogP contribution in [-0.2, 0) is 0 Å². The minimum absolute atomic E-state index is 0.655. The van der Waals surface area contributed by atoms with Gasteiger partial charge in [0.15, 0.2) is 0 Å². The van der Waals surface area contributed by atoms with Crippen molar-refractivity contribution in [1.29, 1.82) is 5.41 Å². The lowest BCUT2D eigenvalue weighted by Gasteiger charge is -2.07. The molecule has 0 aromatic carbocycles. The summed E-state index contributed by atoms with van der Waals surface area (Å²) < 4.78 is 0. The van der Waals surface area contributed by atoms with Gasteiger partial charge in [0.2, 0.25) is 0 Å². The van der Waals surface area contributed by atoms with Crippen LogP contribution in [0.4, 0.5) is 5.82 Å². The maximum Gasteiger partial charge on any atom is 0.131 e. The number of allylic oxidation sites excluding steroid dienone is 3. The van der Waals surface area contributed by atoms with E-state index in [1.165, 1.54) is 6.20 Å². The van der Waals surface area contributed by atoms with Gasteiger partial charge in [-0.05, 0) is 61.5 Å². The number of pyridine rings is 1. The molecule has 4 nitrogen and oxygen atoms in total. The lowest BCUT2D eigenvalue weighted by molar-refractivity contribution is 1.25. The third-order valence-electron chi connectivity index (χ3n) is 3.31. The highest BCUT2D eigenvalue weighted by Gasteiger charge is 2.07. The topological polar surface area (TPSA) is 74.8 Å². The monoisotopic (exact) mass is 338 g/mol. The van der Waals surface area contributed by atoms with Crippen LogP contribution in [0.25, 0.3) is 10.6 Å². The Balaban J connectivity index is 2.17. The number of thiophene rings is 1. The molecule has 5 heteroatoms. The van der Waals surface area contributed by atoms with Crippen LogP contribution in [0.1, 0.15) is 25.1 Å². The van der Waals surface area contributed by atoms with Crippen LogP contribution in [0, 0.1) is 5.41 Å².